The van der Waals surface area contributed by atoms with Crippen molar-refractivity contribution in [1.82, 2.24) is 0 Å². The summed E-state index contributed by atoms with van der Waals surface area (Å²) in [5, 5.41) is 9.28. The first-order chi connectivity index (χ1) is 31.8. The standard InChI is InChI=1S/C61H44N2O2/c1-37-17-5-11-25-51(37)62(53-27-15-23-46-43-20-9-13-29-56(43)64-59(46)53)41-32-31-39-34-48-49(35-40(39)33-41)61(3,4)50-36-55(42-19-7-8-22-45(42)58(48)50)63(52-26-12-6-18-38(52)2)54-28-16-24-47-44-21-10-14-30-57(44)65-60(47)54/h5-36H,1-4H3. The summed E-state index contributed by atoms with van der Waals surface area (Å²) < 4.78 is 13.4. The van der Waals surface area contributed by atoms with E-state index in [0.29, 0.717) is 0 Å². The van der Waals surface area contributed by atoms with E-state index in [4.69, 9.17) is 8.83 Å². The third kappa shape index (κ3) is 5.50. The van der Waals surface area contributed by atoms with Crippen LogP contribution in [0.1, 0.15) is 36.1 Å². The number of furan rings is 2. The van der Waals surface area contributed by atoms with Crippen molar-refractivity contribution < 1.29 is 8.83 Å². The van der Waals surface area contributed by atoms with E-state index in [-0.39, 0.29) is 5.41 Å². The van der Waals surface area contributed by atoms with Gasteiger partial charge in [0.25, 0.3) is 0 Å². The quantitative estimate of drug-likeness (QED) is 0.167. The van der Waals surface area contributed by atoms with Crippen LogP contribution in [-0.2, 0) is 5.41 Å². The summed E-state index contributed by atoms with van der Waals surface area (Å²) in [5.41, 5.74) is 17.3. The molecule has 0 unspecified atom stereocenters. The van der Waals surface area contributed by atoms with Crippen LogP contribution in [0.5, 0.6) is 0 Å². The average Bonchev–Trinajstić information content (AvgIpc) is 3.98. The van der Waals surface area contributed by atoms with Gasteiger partial charge in [0.1, 0.15) is 11.2 Å². The Hall–Kier alpha value is -8.08. The SMILES string of the molecule is Cc1ccccc1N(c1ccc2cc3c(cc2c1)C(C)(C)c1cc(N(c2ccccc2C)c2cccc4c2oc2ccccc24)c2ccccc2c1-3)c1cccc2c1oc1ccccc12. The lowest BCUT2D eigenvalue weighted by molar-refractivity contribution is 0.661. The molecule has 65 heavy (non-hydrogen) atoms. The Kier molecular flexibility index (Phi) is 8.05. The molecule has 0 spiro atoms. The van der Waals surface area contributed by atoms with Crippen LogP contribution in [0.3, 0.4) is 0 Å². The predicted molar refractivity (Wildman–Crippen MR) is 272 cm³/mol. The molecule has 0 atom stereocenters. The Balaban J connectivity index is 1.02. The van der Waals surface area contributed by atoms with Gasteiger partial charge in [-0.25, -0.2) is 0 Å². The van der Waals surface area contributed by atoms with Crippen LogP contribution in [0, 0.1) is 13.8 Å². The van der Waals surface area contributed by atoms with E-state index in [9.17, 15) is 0 Å². The Bertz CT molecular complexity index is 3920. The summed E-state index contributed by atoms with van der Waals surface area (Å²) in [7, 11) is 0. The molecule has 310 valence electrons. The monoisotopic (exact) mass is 836 g/mol. The van der Waals surface area contributed by atoms with Gasteiger partial charge in [0, 0.05) is 49.4 Å². The molecule has 1 aliphatic carbocycles. The molecular weight excluding hydrogens is 793 g/mol. The highest BCUT2D eigenvalue weighted by molar-refractivity contribution is 6.15. The van der Waals surface area contributed by atoms with Gasteiger partial charge in [-0.15, -0.1) is 0 Å². The lowest BCUT2D eigenvalue weighted by atomic mass is 9.81. The number of rotatable bonds is 6. The van der Waals surface area contributed by atoms with Crippen molar-refractivity contribution in [3.8, 4) is 11.1 Å². The van der Waals surface area contributed by atoms with Crippen LogP contribution < -0.4 is 9.80 Å². The van der Waals surface area contributed by atoms with Crippen LogP contribution in [0.25, 0.3) is 76.5 Å². The normalized spacial score (nSPS) is 13.0. The molecule has 0 N–H and O–H groups in total. The summed E-state index contributed by atoms with van der Waals surface area (Å²) >= 11 is 0. The molecule has 2 heterocycles. The van der Waals surface area contributed by atoms with Crippen molar-refractivity contribution >= 4 is 99.5 Å². The summed E-state index contributed by atoms with van der Waals surface area (Å²) in [6, 6.07) is 70.3. The molecule has 0 saturated carbocycles. The maximum atomic E-state index is 6.76. The first kappa shape index (κ1) is 37.5. The van der Waals surface area contributed by atoms with E-state index < -0.39 is 0 Å². The molecule has 10 aromatic carbocycles. The van der Waals surface area contributed by atoms with E-state index in [1.165, 1.54) is 54.9 Å². The number of fused-ring (bicyclic) bond motifs is 12. The fraction of sp³-hybridized carbons (Fsp3) is 0.0820. The fourth-order valence-electron chi connectivity index (χ4n) is 10.9. The van der Waals surface area contributed by atoms with Gasteiger partial charge in [0.05, 0.1) is 17.1 Å². The first-order valence-corrected chi connectivity index (χ1v) is 22.5. The zero-order chi connectivity index (χ0) is 43.6. The van der Waals surface area contributed by atoms with Crippen molar-refractivity contribution in [2.24, 2.45) is 0 Å². The van der Waals surface area contributed by atoms with Crippen LogP contribution in [0.2, 0.25) is 0 Å². The van der Waals surface area contributed by atoms with E-state index in [1.807, 2.05) is 12.1 Å². The molecule has 0 aliphatic heterocycles. The van der Waals surface area contributed by atoms with Crippen molar-refractivity contribution in [1.29, 1.82) is 0 Å². The molecule has 0 amide bonds. The van der Waals surface area contributed by atoms with Crippen LogP contribution in [0.15, 0.2) is 203 Å². The van der Waals surface area contributed by atoms with Gasteiger partial charge in [-0.05, 0) is 130 Å². The maximum Gasteiger partial charge on any atom is 0.159 e. The zero-order valence-electron chi connectivity index (χ0n) is 36.7. The number of benzene rings is 10. The van der Waals surface area contributed by atoms with Crippen molar-refractivity contribution in [3.63, 3.8) is 0 Å². The molecule has 0 bridgehead atoms. The second kappa shape index (κ2) is 14.0. The Morgan fingerprint density at radius 2 is 0.877 bits per heavy atom. The number of para-hydroxylation sites is 6. The number of anilines is 6. The third-order valence-electron chi connectivity index (χ3n) is 14.1. The minimum Gasteiger partial charge on any atom is -0.454 e. The van der Waals surface area contributed by atoms with Crippen molar-refractivity contribution in [3.05, 3.63) is 216 Å². The number of hydrogen-bond donors (Lipinski definition) is 0. The van der Waals surface area contributed by atoms with Crippen LogP contribution >= 0.6 is 0 Å². The zero-order valence-corrected chi connectivity index (χ0v) is 36.7. The van der Waals surface area contributed by atoms with E-state index in [2.05, 4.69) is 219 Å². The Labute approximate surface area is 377 Å². The van der Waals surface area contributed by atoms with Gasteiger partial charge in [0.2, 0.25) is 0 Å². The molecule has 13 rings (SSSR count). The molecule has 0 radical (unpaired) electrons. The molecule has 4 nitrogen and oxygen atoms in total. The second-order valence-electron chi connectivity index (χ2n) is 18.2. The fourth-order valence-corrected chi connectivity index (χ4v) is 10.9. The Morgan fingerprint density at radius 3 is 1.51 bits per heavy atom. The summed E-state index contributed by atoms with van der Waals surface area (Å²) in [4.78, 5) is 4.81. The smallest absolute Gasteiger partial charge is 0.159 e. The van der Waals surface area contributed by atoms with Crippen LogP contribution in [0.4, 0.5) is 34.1 Å². The lowest BCUT2D eigenvalue weighted by Crippen LogP contribution is -2.17. The van der Waals surface area contributed by atoms with Gasteiger partial charge in [-0.3, -0.25) is 0 Å². The van der Waals surface area contributed by atoms with E-state index in [0.717, 1.165) is 78.0 Å². The van der Waals surface area contributed by atoms with Crippen molar-refractivity contribution in [2.45, 2.75) is 33.1 Å². The molecule has 0 saturated heterocycles. The lowest BCUT2D eigenvalue weighted by Gasteiger charge is -2.30. The number of aryl methyl sites for hydroxylation is 2. The topological polar surface area (TPSA) is 32.8 Å². The van der Waals surface area contributed by atoms with Gasteiger partial charge in [-0.2, -0.15) is 0 Å². The highest BCUT2D eigenvalue weighted by atomic mass is 16.3. The van der Waals surface area contributed by atoms with Gasteiger partial charge >= 0.3 is 0 Å². The molecule has 0 fully saturated rings. The van der Waals surface area contributed by atoms with E-state index >= 15 is 0 Å². The Morgan fingerprint density at radius 1 is 0.369 bits per heavy atom. The maximum absolute atomic E-state index is 6.76. The van der Waals surface area contributed by atoms with E-state index in [1.54, 1.807) is 0 Å². The second-order valence-corrected chi connectivity index (χ2v) is 18.2. The van der Waals surface area contributed by atoms with Gasteiger partial charge in [-0.1, -0.05) is 141 Å². The van der Waals surface area contributed by atoms with Crippen LogP contribution in [-0.4, -0.2) is 0 Å². The largest absolute Gasteiger partial charge is 0.454 e. The highest BCUT2D eigenvalue weighted by Crippen LogP contribution is 2.56. The predicted octanol–water partition coefficient (Wildman–Crippen LogP) is 17.7. The number of nitrogens with zero attached hydrogens (tertiary/aromatic N) is 2. The first-order valence-electron chi connectivity index (χ1n) is 22.5. The molecular formula is C61H44N2O2. The van der Waals surface area contributed by atoms with Gasteiger partial charge < -0.3 is 18.6 Å². The van der Waals surface area contributed by atoms with Crippen molar-refractivity contribution in [2.75, 3.05) is 9.80 Å². The number of hydrogen-bond acceptors (Lipinski definition) is 4. The molecule has 12 aromatic rings. The molecule has 2 aromatic heterocycles. The average molecular weight is 837 g/mol. The minimum atomic E-state index is -0.314. The summed E-state index contributed by atoms with van der Waals surface area (Å²) in [5.74, 6) is 0. The summed E-state index contributed by atoms with van der Waals surface area (Å²) in [6.45, 7) is 9.18. The van der Waals surface area contributed by atoms with Gasteiger partial charge in [0.15, 0.2) is 11.2 Å². The summed E-state index contributed by atoms with van der Waals surface area (Å²) in [6.07, 6.45) is 0. The third-order valence-corrected chi connectivity index (χ3v) is 14.1. The highest BCUT2D eigenvalue weighted by Gasteiger charge is 2.39. The minimum absolute atomic E-state index is 0.314. The molecule has 1 aliphatic rings. The molecule has 4 heteroatoms.